The zero-order chi connectivity index (χ0) is 9.14. The summed E-state index contributed by atoms with van der Waals surface area (Å²) < 4.78 is 0. The van der Waals surface area contributed by atoms with Gasteiger partial charge in [-0.1, -0.05) is 15.9 Å². The first-order valence-corrected chi connectivity index (χ1v) is 4.80. The van der Waals surface area contributed by atoms with Gasteiger partial charge in [0.25, 0.3) is 0 Å². The Labute approximate surface area is 96.7 Å². The van der Waals surface area contributed by atoms with Crippen LogP contribution in [0.25, 0.3) is 0 Å². The summed E-state index contributed by atoms with van der Waals surface area (Å²) in [6.07, 6.45) is 1.66. The molecule has 1 heterocycles. The minimum Gasteiger partial charge on any atom is -0.291 e. The lowest BCUT2D eigenvalue weighted by Gasteiger charge is -2.03. The standard InChI is InChI=1S/C9H10BrNO.BrH/c1-6-3-4-11-9(7(6)2)8(12)5-10;/h3-4H,5H2,1-2H3;1H. The van der Waals surface area contributed by atoms with Crippen molar-refractivity contribution in [3.8, 4) is 0 Å². The summed E-state index contributed by atoms with van der Waals surface area (Å²) in [5, 5.41) is 0.338. The highest BCUT2D eigenvalue weighted by atomic mass is 79.9. The van der Waals surface area contributed by atoms with Crippen molar-refractivity contribution in [3.63, 3.8) is 0 Å². The average Bonchev–Trinajstić information content (AvgIpc) is 2.08. The molecule has 0 unspecified atom stereocenters. The van der Waals surface area contributed by atoms with Crippen molar-refractivity contribution in [3.05, 3.63) is 29.1 Å². The van der Waals surface area contributed by atoms with E-state index in [4.69, 9.17) is 0 Å². The van der Waals surface area contributed by atoms with Crippen molar-refractivity contribution in [1.82, 2.24) is 4.98 Å². The monoisotopic (exact) mass is 307 g/mol. The largest absolute Gasteiger partial charge is 0.291 e. The van der Waals surface area contributed by atoms with Gasteiger partial charge < -0.3 is 0 Å². The molecule has 1 aromatic heterocycles. The maximum Gasteiger partial charge on any atom is 0.191 e. The van der Waals surface area contributed by atoms with Gasteiger partial charge >= 0.3 is 0 Å². The van der Waals surface area contributed by atoms with Crippen LogP contribution in [0.2, 0.25) is 0 Å². The van der Waals surface area contributed by atoms with Gasteiger partial charge in [-0.2, -0.15) is 0 Å². The van der Waals surface area contributed by atoms with Gasteiger partial charge in [-0.25, -0.2) is 0 Å². The van der Waals surface area contributed by atoms with Crippen LogP contribution in [-0.4, -0.2) is 16.1 Å². The molecule has 0 fully saturated rings. The first-order valence-electron chi connectivity index (χ1n) is 3.68. The fraction of sp³-hybridized carbons (Fsp3) is 0.333. The molecule has 0 N–H and O–H groups in total. The van der Waals surface area contributed by atoms with E-state index in [1.807, 2.05) is 19.9 Å². The number of aryl methyl sites for hydroxylation is 1. The quantitative estimate of drug-likeness (QED) is 0.621. The molecule has 0 amide bonds. The Morgan fingerprint density at radius 3 is 2.69 bits per heavy atom. The number of rotatable bonds is 2. The number of aromatic nitrogens is 1. The molecule has 0 bridgehead atoms. The molecule has 0 aliphatic rings. The maximum absolute atomic E-state index is 11.3. The summed E-state index contributed by atoms with van der Waals surface area (Å²) in [6.45, 7) is 3.89. The number of nitrogens with zero attached hydrogens (tertiary/aromatic N) is 1. The highest BCUT2D eigenvalue weighted by molar-refractivity contribution is 9.09. The number of hydrogen-bond acceptors (Lipinski definition) is 2. The molecule has 1 aromatic rings. The molecule has 0 aliphatic carbocycles. The van der Waals surface area contributed by atoms with Crippen LogP contribution in [0.5, 0.6) is 0 Å². The van der Waals surface area contributed by atoms with E-state index >= 15 is 0 Å². The number of alkyl halides is 1. The van der Waals surface area contributed by atoms with Gasteiger partial charge in [0.05, 0.1) is 5.33 Å². The number of hydrogen-bond donors (Lipinski definition) is 0. The highest BCUT2D eigenvalue weighted by Gasteiger charge is 2.09. The first kappa shape index (κ1) is 12.8. The normalized spacial score (nSPS) is 9.15. The third-order valence-corrected chi connectivity index (χ3v) is 2.37. The predicted molar refractivity (Wildman–Crippen MR) is 62.2 cm³/mol. The molecule has 0 radical (unpaired) electrons. The second kappa shape index (κ2) is 5.50. The lowest BCUT2D eigenvalue weighted by molar-refractivity contribution is 0.101. The Hall–Kier alpha value is -0.220. The highest BCUT2D eigenvalue weighted by Crippen LogP contribution is 2.10. The minimum absolute atomic E-state index is 0. The molecule has 13 heavy (non-hydrogen) atoms. The SMILES string of the molecule is Br.Cc1ccnc(C(=O)CBr)c1C. The Morgan fingerprint density at radius 2 is 2.15 bits per heavy atom. The topological polar surface area (TPSA) is 30.0 Å². The average molecular weight is 309 g/mol. The summed E-state index contributed by atoms with van der Waals surface area (Å²) in [5.74, 6) is 0.0381. The second-order valence-corrected chi connectivity index (χ2v) is 3.22. The fourth-order valence-corrected chi connectivity index (χ4v) is 1.24. The number of carbonyl (C=O) groups is 1. The molecule has 0 atom stereocenters. The zero-order valence-electron chi connectivity index (χ0n) is 7.50. The summed E-state index contributed by atoms with van der Waals surface area (Å²) in [4.78, 5) is 15.3. The molecule has 0 saturated carbocycles. The van der Waals surface area contributed by atoms with Crippen LogP contribution in [0.1, 0.15) is 21.6 Å². The van der Waals surface area contributed by atoms with Crippen LogP contribution in [0.15, 0.2) is 12.3 Å². The number of pyridine rings is 1. The van der Waals surface area contributed by atoms with Gasteiger partial charge in [0.15, 0.2) is 5.78 Å². The van der Waals surface area contributed by atoms with Crippen LogP contribution < -0.4 is 0 Å². The second-order valence-electron chi connectivity index (χ2n) is 2.66. The number of halogens is 2. The Morgan fingerprint density at radius 1 is 1.54 bits per heavy atom. The molecule has 2 nitrogen and oxygen atoms in total. The first-order chi connectivity index (χ1) is 5.66. The number of Topliss-reactive ketones (excluding diaryl/α,β-unsaturated/α-hetero) is 1. The lowest BCUT2D eigenvalue weighted by atomic mass is 10.1. The Balaban J connectivity index is 0.00000144. The molecule has 4 heteroatoms. The van der Waals surface area contributed by atoms with Crippen LogP contribution in [-0.2, 0) is 0 Å². The lowest BCUT2D eigenvalue weighted by Crippen LogP contribution is -2.06. The van der Waals surface area contributed by atoms with E-state index in [-0.39, 0.29) is 22.8 Å². The molecule has 0 aliphatic heterocycles. The van der Waals surface area contributed by atoms with Gasteiger partial charge in [0, 0.05) is 6.20 Å². The van der Waals surface area contributed by atoms with E-state index in [2.05, 4.69) is 20.9 Å². The van der Waals surface area contributed by atoms with E-state index in [9.17, 15) is 4.79 Å². The van der Waals surface area contributed by atoms with Crippen molar-refractivity contribution in [1.29, 1.82) is 0 Å². The van der Waals surface area contributed by atoms with Gasteiger partial charge in [-0.05, 0) is 31.0 Å². The van der Waals surface area contributed by atoms with Crippen molar-refractivity contribution >= 4 is 38.7 Å². The summed E-state index contributed by atoms with van der Waals surface area (Å²) in [5.41, 5.74) is 2.66. The molecule has 0 spiro atoms. The molecule has 1 rings (SSSR count). The summed E-state index contributed by atoms with van der Waals surface area (Å²) >= 11 is 3.12. The predicted octanol–water partition coefficient (Wildman–Crippen LogP) is 2.85. The third kappa shape index (κ3) is 2.88. The zero-order valence-corrected chi connectivity index (χ0v) is 10.8. The number of carbonyl (C=O) groups excluding carboxylic acids is 1. The molecular weight excluding hydrogens is 298 g/mol. The molecule has 0 aromatic carbocycles. The van der Waals surface area contributed by atoms with Crippen LogP contribution >= 0.6 is 32.9 Å². The van der Waals surface area contributed by atoms with E-state index in [0.717, 1.165) is 11.1 Å². The Bertz CT molecular complexity index is 312. The van der Waals surface area contributed by atoms with Gasteiger partial charge in [0.2, 0.25) is 0 Å². The smallest absolute Gasteiger partial charge is 0.191 e. The molecule has 72 valence electrons. The third-order valence-electron chi connectivity index (χ3n) is 1.86. The van der Waals surface area contributed by atoms with E-state index < -0.39 is 0 Å². The molecule has 0 saturated heterocycles. The van der Waals surface area contributed by atoms with Crippen molar-refractivity contribution in [2.45, 2.75) is 13.8 Å². The fourth-order valence-electron chi connectivity index (χ4n) is 0.977. The van der Waals surface area contributed by atoms with E-state index in [0.29, 0.717) is 11.0 Å². The summed E-state index contributed by atoms with van der Waals surface area (Å²) in [7, 11) is 0. The number of ketones is 1. The van der Waals surface area contributed by atoms with E-state index in [1.165, 1.54) is 0 Å². The van der Waals surface area contributed by atoms with E-state index in [1.54, 1.807) is 6.20 Å². The maximum atomic E-state index is 11.3. The van der Waals surface area contributed by atoms with Crippen molar-refractivity contribution in [2.24, 2.45) is 0 Å². The van der Waals surface area contributed by atoms with Crippen LogP contribution in [0.4, 0.5) is 0 Å². The minimum atomic E-state index is 0. The van der Waals surface area contributed by atoms with Crippen molar-refractivity contribution < 1.29 is 4.79 Å². The molecular formula is C9H11Br2NO. The van der Waals surface area contributed by atoms with Gasteiger partial charge in [0.1, 0.15) is 5.69 Å². The van der Waals surface area contributed by atoms with Gasteiger partial charge in [-0.3, -0.25) is 9.78 Å². The summed E-state index contributed by atoms with van der Waals surface area (Å²) in [6, 6.07) is 1.90. The van der Waals surface area contributed by atoms with Crippen LogP contribution in [0, 0.1) is 13.8 Å². The van der Waals surface area contributed by atoms with Crippen LogP contribution in [0.3, 0.4) is 0 Å². The van der Waals surface area contributed by atoms with Gasteiger partial charge in [-0.15, -0.1) is 17.0 Å². The van der Waals surface area contributed by atoms with Crippen molar-refractivity contribution in [2.75, 3.05) is 5.33 Å². The Kier molecular flexibility index (Phi) is 5.40.